The van der Waals surface area contributed by atoms with Crippen LogP contribution in [0.15, 0.2) is 52.3 Å². The van der Waals surface area contributed by atoms with Crippen LogP contribution in [0.3, 0.4) is 0 Å². The molecule has 26 heavy (non-hydrogen) atoms. The first-order valence-corrected chi connectivity index (χ1v) is 8.60. The highest BCUT2D eigenvalue weighted by Gasteiger charge is 2.17. The minimum Gasteiger partial charge on any atom is -0.451 e. The van der Waals surface area contributed by atoms with Crippen molar-refractivity contribution in [3.05, 3.63) is 73.6 Å². The van der Waals surface area contributed by atoms with Crippen LogP contribution in [0.25, 0.3) is 11.3 Å². The Morgan fingerprint density at radius 1 is 1.23 bits per heavy atom. The lowest BCUT2D eigenvalue weighted by atomic mass is 10.1. The highest BCUT2D eigenvalue weighted by Crippen LogP contribution is 2.32. The van der Waals surface area contributed by atoms with Crippen molar-refractivity contribution in [2.75, 3.05) is 6.54 Å². The number of Topliss-reactive ketones (excluding diaryl/α,β-unsaturated/α-hetero) is 1. The van der Waals surface area contributed by atoms with Crippen molar-refractivity contribution < 1.29 is 18.9 Å². The largest absolute Gasteiger partial charge is 0.451 e. The number of amides is 1. The molecule has 1 N–H and O–H groups in total. The van der Waals surface area contributed by atoms with Gasteiger partial charge in [-0.25, -0.2) is 0 Å². The van der Waals surface area contributed by atoms with Gasteiger partial charge in [0.1, 0.15) is 5.76 Å². The van der Waals surface area contributed by atoms with Gasteiger partial charge in [-0.2, -0.15) is 0 Å². The van der Waals surface area contributed by atoms with Crippen molar-refractivity contribution in [1.82, 2.24) is 5.32 Å². The molecule has 0 fully saturated rings. The first-order valence-electron chi connectivity index (χ1n) is 7.35. The molecule has 9 heteroatoms. The fourth-order valence-electron chi connectivity index (χ4n) is 2.19. The number of benzene rings is 1. The van der Waals surface area contributed by atoms with Crippen LogP contribution in [0.1, 0.15) is 20.2 Å². The number of carbonyl (C=O) groups is 2. The van der Waals surface area contributed by atoms with E-state index < -0.39 is 10.8 Å². The van der Waals surface area contributed by atoms with E-state index in [4.69, 9.17) is 16.0 Å². The van der Waals surface area contributed by atoms with Gasteiger partial charge in [-0.15, -0.1) is 11.3 Å². The summed E-state index contributed by atoms with van der Waals surface area (Å²) >= 11 is 7.35. The Kier molecular flexibility index (Phi) is 5.15. The molecule has 3 aromatic rings. The first-order chi connectivity index (χ1) is 12.5. The fourth-order valence-corrected chi connectivity index (χ4v) is 3.13. The van der Waals surface area contributed by atoms with E-state index in [-0.39, 0.29) is 28.8 Å². The van der Waals surface area contributed by atoms with Gasteiger partial charge in [-0.05, 0) is 29.6 Å². The normalized spacial score (nSPS) is 10.5. The number of nitrogens with zero attached hydrogens (tertiary/aromatic N) is 1. The smallest absolute Gasteiger partial charge is 0.287 e. The molecular formula is C17H11ClN2O5S. The molecule has 2 heterocycles. The zero-order valence-corrected chi connectivity index (χ0v) is 14.7. The van der Waals surface area contributed by atoms with E-state index in [1.54, 1.807) is 17.5 Å². The number of furan rings is 1. The second kappa shape index (κ2) is 7.51. The predicted molar refractivity (Wildman–Crippen MR) is 96.8 cm³/mol. The molecule has 0 spiro atoms. The van der Waals surface area contributed by atoms with Gasteiger partial charge in [0, 0.05) is 17.7 Å². The summed E-state index contributed by atoms with van der Waals surface area (Å²) in [6.07, 6.45) is 0. The maximum atomic E-state index is 12.1. The molecule has 0 aliphatic heterocycles. The van der Waals surface area contributed by atoms with Crippen LogP contribution in [0, 0.1) is 10.1 Å². The number of thiophene rings is 1. The number of halogens is 1. The number of carbonyl (C=O) groups excluding carboxylic acids is 2. The molecule has 0 radical (unpaired) electrons. The summed E-state index contributed by atoms with van der Waals surface area (Å²) in [6.45, 7) is -0.145. The maximum absolute atomic E-state index is 12.1. The zero-order valence-electron chi connectivity index (χ0n) is 13.1. The Bertz CT molecular complexity index is 981. The Morgan fingerprint density at radius 2 is 2.04 bits per heavy atom. The molecule has 1 amide bonds. The van der Waals surface area contributed by atoms with Crippen molar-refractivity contribution >= 4 is 40.3 Å². The molecular weight excluding hydrogens is 380 g/mol. The number of nitrogens with one attached hydrogen (secondary N) is 1. The van der Waals surface area contributed by atoms with E-state index in [9.17, 15) is 19.7 Å². The summed E-state index contributed by atoms with van der Waals surface area (Å²) in [6, 6.07) is 10.4. The van der Waals surface area contributed by atoms with Crippen molar-refractivity contribution in [2.45, 2.75) is 0 Å². The summed E-state index contributed by atoms with van der Waals surface area (Å²) in [5.74, 6) is -0.439. The standard InChI is InChI=1S/C17H11ClN2O5S/c18-12-8-10(20(23)24)3-4-11(12)14-5-6-15(25-14)17(22)19-9-13(21)16-2-1-7-26-16/h1-8H,9H2,(H,19,22). The van der Waals surface area contributed by atoms with Crippen molar-refractivity contribution in [3.8, 4) is 11.3 Å². The molecule has 7 nitrogen and oxygen atoms in total. The minimum atomic E-state index is -0.554. The molecule has 0 atom stereocenters. The second-order valence-electron chi connectivity index (χ2n) is 5.17. The van der Waals surface area contributed by atoms with Crippen LogP contribution in [0.4, 0.5) is 5.69 Å². The molecule has 0 aliphatic rings. The molecule has 0 aliphatic carbocycles. The third-order valence-electron chi connectivity index (χ3n) is 3.46. The average molecular weight is 391 g/mol. The van der Waals surface area contributed by atoms with Gasteiger partial charge in [0.25, 0.3) is 11.6 Å². The molecule has 3 rings (SSSR count). The highest BCUT2D eigenvalue weighted by atomic mass is 35.5. The van der Waals surface area contributed by atoms with Crippen LogP contribution in [0.2, 0.25) is 5.02 Å². The molecule has 0 bridgehead atoms. The molecule has 0 saturated heterocycles. The van der Waals surface area contributed by atoms with Gasteiger partial charge < -0.3 is 9.73 Å². The Morgan fingerprint density at radius 3 is 2.69 bits per heavy atom. The lowest BCUT2D eigenvalue weighted by Gasteiger charge is -2.02. The van der Waals surface area contributed by atoms with E-state index >= 15 is 0 Å². The van der Waals surface area contributed by atoms with Gasteiger partial charge in [0.05, 0.1) is 21.4 Å². The van der Waals surface area contributed by atoms with Crippen LogP contribution < -0.4 is 5.32 Å². The van der Waals surface area contributed by atoms with Crippen LogP contribution in [-0.2, 0) is 0 Å². The van der Waals surface area contributed by atoms with E-state index in [1.807, 2.05) is 0 Å². The SMILES string of the molecule is O=C(NCC(=O)c1cccs1)c1ccc(-c2ccc([N+](=O)[O-])cc2Cl)o1. The number of hydrogen-bond acceptors (Lipinski definition) is 6. The number of nitro benzene ring substituents is 1. The van der Waals surface area contributed by atoms with Crippen molar-refractivity contribution in [3.63, 3.8) is 0 Å². The molecule has 0 saturated carbocycles. The summed E-state index contributed by atoms with van der Waals surface area (Å²) in [4.78, 5) is 34.8. The molecule has 2 aromatic heterocycles. The predicted octanol–water partition coefficient (Wildman–Crippen LogP) is 4.18. The third-order valence-corrected chi connectivity index (χ3v) is 4.69. The van der Waals surface area contributed by atoms with Gasteiger partial charge >= 0.3 is 0 Å². The Hall–Kier alpha value is -2.97. The third kappa shape index (κ3) is 3.81. The number of ketones is 1. The van der Waals surface area contributed by atoms with E-state index in [0.29, 0.717) is 16.2 Å². The van der Waals surface area contributed by atoms with Gasteiger partial charge in [-0.1, -0.05) is 17.7 Å². The lowest BCUT2D eigenvalue weighted by Crippen LogP contribution is -2.28. The second-order valence-corrected chi connectivity index (χ2v) is 6.52. The van der Waals surface area contributed by atoms with Crippen molar-refractivity contribution in [1.29, 1.82) is 0 Å². The summed E-state index contributed by atoms with van der Waals surface area (Å²) in [5.41, 5.74) is 0.279. The van der Waals surface area contributed by atoms with Crippen LogP contribution >= 0.6 is 22.9 Å². The van der Waals surface area contributed by atoms with Gasteiger partial charge in [0.2, 0.25) is 0 Å². The van der Waals surface area contributed by atoms with Crippen LogP contribution in [-0.4, -0.2) is 23.2 Å². The van der Waals surface area contributed by atoms with Crippen molar-refractivity contribution in [2.24, 2.45) is 0 Å². The first kappa shape index (κ1) is 17.8. The van der Waals surface area contributed by atoms with E-state index in [0.717, 1.165) is 0 Å². The Balaban J connectivity index is 1.70. The van der Waals surface area contributed by atoms with Gasteiger partial charge in [-0.3, -0.25) is 19.7 Å². The van der Waals surface area contributed by atoms with Crippen LogP contribution in [0.5, 0.6) is 0 Å². The average Bonchev–Trinajstić information content (AvgIpc) is 3.30. The quantitative estimate of drug-likeness (QED) is 0.386. The Labute approximate surface area is 156 Å². The fraction of sp³-hybridized carbons (Fsp3) is 0.0588. The van der Waals surface area contributed by atoms with E-state index in [2.05, 4.69) is 5.32 Å². The monoisotopic (exact) mass is 390 g/mol. The number of non-ortho nitro benzene ring substituents is 1. The summed E-state index contributed by atoms with van der Waals surface area (Å²) in [7, 11) is 0. The lowest BCUT2D eigenvalue weighted by molar-refractivity contribution is -0.384. The van der Waals surface area contributed by atoms with E-state index in [1.165, 1.54) is 41.7 Å². The highest BCUT2D eigenvalue weighted by molar-refractivity contribution is 7.12. The zero-order chi connectivity index (χ0) is 18.7. The van der Waals surface area contributed by atoms with Gasteiger partial charge in [0.15, 0.2) is 11.5 Å². The molecule has 132 valence electrons. The minimum absolute atomic E-state index is 0.00778. The topological polar surface area (TPSA) is 102 Å². The summed E-state index contributed by atoms with van der Waals surface area (Å²) < 4.78 is 5.46. The number of nitro groups is 1. The number of rotatable bonds is 6. The molecule has 0 unspecified atom stereocenters. The maximum Gasteiger partial charge on any atom is 0.287 e. The molecule has 1 aromatic carbocycles. The number of hydrogen-bond donors (Lipinski definition) is 1. The summed E-state index contributed by atoms with van der Waals surface area (Å²) in [5, 5.41) is 15.2.